The number of ether oxygens (including phenoxy) is 4. The van der Waals surface area contributed by atoms with Crippen LogP contribution >= 0.6 is 0 Å². The van der Waals surface area contributed by atoms with E-state index >= 15 is 0 Å². The topological polar surface area (TPSA) is 43.5 Å². The van der Waals surface area contributed by atoms with E-state index in [1.54, 1.807) is 0 Å². The SMILES string of the molecule is CCCC1OC1Oc1c2ccccc2c(OC2OC2CCC)c2ccccc12. The molecule has 0 aromatic heterocycles. The molecule has 2 saturated heterocycles. The van der Waals surface area contributed by atoms with E-state index in [1.165, 1.54) is 0 Å². The van der Waals surface area contributed by atoms with Gasteiger partial charge in [0.25, 0.3) is 0 Å². The Bertz CT molecular complexity index is 861. The van der Waals surface area contributed by atoms with Gasteiger partial charge in [-0.15, -0.1) is 0 Å². The van der Waals surface area contributed by atoms with Gasteiger partial charge in [0.15, 0.2) is 0 Å². The summed E-state index contributed by atoms with van der Waals surface area (Å²) in [7, 11) is 0. The molecule has 2 aliphatic rings. The summed E-state index contributed by atoms with van der Waals surface area (Å²) in [6.07, 6.45) is 4.34. The van der Waals surface area contributed by atoms with E-state index in [0.717, 1.165) is 58.7 Å². The minimum atomic E-state index is -0.153. The standard InChI is InChI=1S/C24H26O4/c1-3-9-19-23(25-19)27-21-15-11-5-7-13-17(15)22(18-14-8-6-12-16(18)21)28-24-20(26-24)10-4-2/h5-8,11-14,19-20,23-24H,3-4,9-10H2,1-2H3. The van der Waals surface area contributed by atoms with Crippen molar-refractivity contribution in [1.82, 2.24) is 0 Å². The van der Waals surface area contributed by atoms with Crippen molar-refractivity contribution in [2.75, 3.05) is 0 Å². The summed E-state index contributed by atoms with van der Waals surface area (Å²) in [5.41, 5.74) is 0. The van der Waals surface area contributed by atoms with Crippen LogP contribution in [0.25, 0.3) is 21.5 Å². The van der Waals surface area contributed by atoms with Gasteiger partial charge in [-0.3, -0.25) is 0 Å². The predicted molar refractivity (Wildman–Crippen MR) is 110 cm³/mol. The van der Waals surface area contributed by atoms with E-state index in [9.17, 15) is 0 Å². The van der Waals surface area contributed by atoms with Crippen molar-refractivity contribution in [2.24, 2.45) is 0 Å². The van der Waals surface area contributed by atoms with Crippen LogP contribution in [-0.4, -0.2) is 24.8 Å². The maximum atomic E-state index is 6.34. The van der Waals surface area contributed by atoms with E-state index in [-0.39, 0.29) is 24.8 Å². The highest BCUT2D eigenvalue weighted by molar-refractivity contribution is 6.11. The Kier molecular flexibility index (Phi) is 4.61. The van der Waals surface area contributed by atoms with Gasteiger partial charge in [0.2, 0.25) is 12.6 Å². The van der Waals surface area contributed by atoms with Crippen molar-refractivity contribution in [3.05, 3.63) is 48.5 Å². The van der Waals surface area contributed by atoms with Crippen LogP contribution in [0, 0.1) is 0 Å². The molecule has 0 radical (unpaired) electrons. The molecule has 2 heterocycles. The van der Waals surface area contributed by atoms with Crippen molar-refractivity contribution in [3.63, 3.8) is 0 Å². The molecule has 0 aliphatic carbocycles. The second kappa shape index (κ2) is 7.26. The highest BCUT2D eigenvalue weighted by atomic mass is 16.8. The van der Waals surface area contributed by atoms with Gasteiger partial charge in [-0.2, -0.15) is 0 Å². The van der Waals surface area contributed by atoms with Gasteiger partial charge in [-0.1, -0.05) is 75.2 Å². The number of hydrogen-bond acceptors (Lipinski definition) is 4. The largest absolute Gasteiger partial charge is 0.461 e. The second-order valence-corrected chi connectivity index (χ2v) is 7.65. The molecule has 3 aromatic rings. The van der Waals surface area contributed by atoms with E-state index in [1.807, 2.05) is 24.3 Å². The first-order valence-corrected chi connectivity index (χ1v) is 10.4. The fraction of sp³-hybridized carbons (Fsp3) is 0.417. The van der Waals surface area contributed by atoms with Gasteiger partial charge in [0.1, 0.15) is 23.7 Å². The maximum Gasteiger partial charge on any atom is 0.227 e. The molecule has 0 amide bonds. The van der Waals surface area contributed by atoms with Crippen LogP contribution in [0.15, 0.2) is 48.5 Å². The molecule has 5 rings (SSSR count). The smallest absolute Gasteiger partial charge is 0.227 e. The lowest BCUT2D eigenvalue weighted by molar-refractivity contribution is 0.179. The first-order valence-electron chi connectivity index (χ1n) is 10.4. The molecule has 0 spiro atoms. The first-order chi connectivity index (χ1) is 13.8. The van der Waals surface area contributed by atoms with Gasteiger partial charge in [-0.25, -0.2) is 0 Å². The van der Waals surface area contributed by atoms with E-state index < -0.39 is 0 Å². The highest BCUT2D eigenvalue weighted by Crippen LogP contribution is 2.46. The Morgan fingerprint density at radius 1 is 0.643 bits per heavy atom. The molecule has 0 bridgehead atoms. The Morgan fingerprint density at radius 2 is 1.00 bits per heavy atom. The van der Waals surface area contributed by atoms with Gasteiger partial charge in [0, 0.05) is 21.5 Å². The number of epoxide rings is 2. The summed E-state index contributed by atoms with van der Waals surface area (Å²) in [4.78, 5) is 0. The van der Waals surface area contributed by atoms with Crippen molar-refractivity contribution >= 4 is 21.5 Å². The van der Waals surface area contributed by atoms with Gasteiger partial charge < -0.3 is 18.9 Å². The summed E-state index contributed by atoms with van der Waals surface area (Å²) in [5.74, 6) is 1.76. The fourth-order valence-electron chi connectivity index (χ4n) is 3.97. The van der Waals surface area contributed by atoms with Crippen LogP contribution in [0.4, 0.5) is 0 Å². The number of hydrogen-bond donors (Lipinski definition) is 0. The zero-order chi connectivity index (χ0) is 19.1. The van der Waals surface area contributed by atoms with Crippen LogP contribution in [0.5, 0.6) is 11.5 Å². The minimum absolute atomic E-state index is 0.153. The molecule has 4 unspecified atom stereocenters. The zero-order valence-electron chi connectivity index (χ0n) is 16.4. The average Bonchev–Trinajstić information content (AvgIpc) is 3.63. The summed E-state index contributed by atoms with van der Waals surface area (Å²) in [6, 6.07) is 16.5. The Balaban J connectivity index is 1.58. The molecule has 4 nitrogen and oxygen atoms in total. The predicted octanol–water partition coefficient (Wildman–Crippen LogP) is 5.80. The third-order valence-corrected chi connectivity index (χ3v) is 5.52. The number of fused-ring (bicyclic) bond motifs is 2. The maximum absolute atomic E-state index is 6.34. The van der Waals surface area contributed by atoms with Gasteiger partial charge in [-0.05, 0) is 12.8 Å². The van der Waals surface area contributed by atoms with Crippen LogP contribution in [0.3, 0.4) is 0 Å². The van der Waals surface area contributed by atoms with Crippen molar-refractivity contribution < 1.29 is 18.9 Å². The second-order valence-electron chi connectivity index (χ2n) is 7.65. The Hall–Kier alpha value is -2.30. The first kappa shape index (κ1) is 17.8. The fourth-order valence-corrected chi connectivity index (χ4v) is 3.97. The van der Waals surface area contributed by atoms with E-state index in [4.69, 9.17) is 18.9 Å². The lowest BCUT2D eigenvalue weighted by atomic mass is 10.0. The van der Waals surface area contributed by atoms with Crippen molar-refractivity contribution in [3.8, 4) is 11.5 Å². The molecular weight excluding hydrogens is 352 g/mol. The lowest BCUT2D eigenvalue weighted by Gasteiger charge is -2.16. The third kappa shape index (κ3) is 3.21. The molecule has 0 saturated carbocycles. The molecule has 146 valence electrons. The third-order valence-electron chi connectivity index (χ3n) is 5.52. The van der Waals surface area contributed by atoms with Gasteiger partial charge in [0.05, 0.1) is 0 Å². The minimum Gasteiger partial charge on any atom is -0.461 e. The summed E-state index contributed by atoms with van der Waals surface area (Å²) >= 11 is 0. The van der Waals surface area contributed by atoms with Crippen molar-refractivity contribution in [1.29, 1.82) is 0 Å². The van der Waals surface area contributed by atoms with Crippen LogP contribution in [0.1, 0.15) is 39.5 Å². The molecule has 4 atom stereocenters. The van der Waals surface area contributed by atoms with E-state index in [2.05, 4.69) is 38.1 Å². The molecule has 4 heteroatoms. The van der Waals surface area contributed by atoms with Crippen LogP contribution in [-0.2, 0) is 9.47 Å². The summed E-state index contributed by atoms with van der Waals surface area (Å²) < 4.78 is 24.1. The summed E-state index contributed by atoms with van der Waals surface area (Å²) in [5, 5.41) is 4.20. The highest BCUT2D eigenvalue weighted by Gasteiger charge is 2.42. The molecule has 2 aliphatic heterocycles. The molecular formula is C24H26O4. The monoisotopic (exact) mass is 378 g/mol. The van der Waals surface area contributed by atoms with Crippen LogP contribution < -0.4 is 9.47 Å². The number of rotatable bonds is 8. The molecule has 0 N–H and O–H groups in total. The normalized spacial score (nSPS) is 25.8. The lowest BCUT2D eigenvalue weighted by Crippen LogP contribution is -2.07. The Morgan fingerprint density at radius 3 is 1.32 bits per heavy atom. The zero-order valence-corrected chi connectivity index (χ0v) is 16.4. The quantitative estimate of drug-likeness (QED) is 0.367. The number of benzene rings is 3. The molecule has 3 aromatic carbocycles. The van der Waals surface area contributed by atoms with Crippen molar-refractivity contribution in [2.45, 2.75) is 64.3 Å². The van der Waals surface area contributed by atoms with Gasteiger partial charge >= 0.3 is 0 Å². The Labute approximate surface area is 165 Å². The molecule has 28 heavy (non-hydrogen) atoms. The summed E-state index contributed by atoms with van der Waals surface area (Å²) in [6.45, 7) is 4.34. The van der Waals surface area contributed by atoms with Crippen LogP contribution in [0.2, 0.25) is 0 Å². The average molecular weight is 378 g/mol. The molecule has 2 fully saturated rings. The van der Waals surface area contributed by atoms with E-state index in [0.29, 0.717) is 0 Å².